The minimum absolute atomic E-state index is 0.0229. The summed E-state index contributed by atoms with van der Waals surface area (Å²) in [6.45, 7) is 1.57. The van der Waals surface area contributed by atoms with E-state index >= 15 is 0 Å². The molecule has 0 aromatic heterocycles. The second-order valence-electron chi connectivity index (χ2n) is 4.28. The fourth-order valence-electron chi connectivity index (χ4n) is 1.74. The number of aromatic carboxylic acids is 1. The van der Waals surface area contributed by atoms with Crippen molar-refractivity contribution in [1.29, 1.82) is 0 Å². The molecular weight excluding hydrogens is 292 g/mol. The summed E-state index contributed by atoms with van der Waals surface area (Å²) in [5.41, 5.74) is 0.0442. The first-order valence-electron chi connectivity index (χ1n) is 6.27. The maximum absolute atomic E-state index is 11.7. The van der Waals surface area contributed by atoms with Crippen LogP contribution in [0, 0.1) is 0 Å². The molecule has 21 heavy (non-hydrogen) atoms. The largest absolute Gasteiger partial charge is 0.478 e. The topological polar surface area (TPSA) is 80.7 Å². The highest BCUT2D eigenvalue weighted by Crippen LogP contribution is 2.26. The lowest BCUT2D eigenvalue weighted by Gasteiger charge is -2.09. The molecule has 0 fully saturated rings. The van der Waals surface area contributed by atoms with E-state index in [-0.39, 0.29) is 22.0 Å². The van der Waals surface area contributed by atoms with Gasteiger partial charge in [-0.05, 0) is 36.4 Å². The zero-order valence-electron chi connectivity index (χ0n) is 11.3. The summed E-state index contributed by atoms with van der Waals surface area (Å²) >= 11 is 0. The maximum Gasteiger partial charge on any atom is 0.339 e. The van der Waals surface area contributed by atoms with Gasteiger partial charge in [-0.1, -0.05) is 19.1 Å². The maximum atomic E-state index is 11.7. The number of hydrogen-bond donors (Lipinski definition) is 1. The van der Waals surface area contributed by atoms with Gasteiger partial charge in [0.15, 0.2) is 9.84 Å². The quantitative estimate of drug-likeness (QED) is 0.918. The summed E-state index contributed by atoms with van der Waals surface area (Å²) in [4.78, 5) is 11.3. The Bertz CT molecular complexity index is 748. The van der Waals surface area contributed by atoms with Gasteiger partial charge >= 0.3 is 5.97 Å². The molecule has 0 amide bonds. The first kappa shape index (κ1) is 15.1. The molecule has 0 aliphatic rings. The van der Waals surface area contributed by atoms with E-state index in [2.05, 4.69) is 0 Å². The van der Waals surface area contributed by atoms with E-state index in [1.807, 2.05) is 0 Å². The Morgan fingerprint density at radius 3 is 2.29 bits per heavy atom. The average Bonchev–Trinajstić information content (AvgIpc) is 2.48. The summed E-state index contributed by atoms with van der Waals surface area (Å²) in [6, 6.07) is 12.1. The monoisotopic (exact) mass is 306 g/mol. The average molecular weight is 306 g/mol. The molecule has 6 heteroatoms. The van der Waals surface area contributed by atoms with E-state index in [1.54, 1.807) is 25.1 Å². The van der Waals surface area contributed by atoms with Crippen molar-refractivity contribution in [2.24, 2.45) is 0 Å². The minimum atomic E-state index is -3.26. The molecule has 0 unspecified atom stereocenters. The number of sulfone groups is 1. The van der Waals surface area contributed by atoms with Gasteiger partial charge < -0.3 is 9.84 Å². The van der Waals surface area contributed by atoms with E-state index < -0.39 is 15.8 Å². The molecule has 1 N–H and O–H groups in total. The Labute approximate surface area is 122 Å². The smallest absolute Gasteiger partial charge is 0.339 e. The number of carbonyl (C=O) groups is 1. The third-order valence-corrected chi connectivity index (χ3v) is 4.66. The molecule has 110 valence electrons. The van der Waals surface area contributed by atoms with Crippen molar-refractivity contribution in [1.82, 2.24) is 0 Å². The van der Waals surface area contributed by atoms with Crippen LogP contribution in [0.2, 0.25) is 0 Å². The van der Waals surface area contributed by atoms with E-state index in [1.165, 1.54) is 30.3 Å². The van der Waals surface area contributed by atoms with Crippen molar-refractivity contribution in [3.8, 4) is 11.5 Å². The summed E-state index contributed by atoms with van der Waals surface area (Å²) in [5, 5.41) is 9.07. The van der Waals surface area contributed by atoms with Gasteiger partial charge in [0.25, 0.3) is 0 Å². The molecule has 5 nitrogen and oxygen atoms in total. The van der Waals surface area contributed by atoms with Gasteiger partial charge in [-0.15, -0.1) is 0 Å². The second-order valence-corrected chi connectivity index (χ2v) is 6.56. The van der Waals surface area contributed by atoms with Gasteiger partial charge in [-0.25, -0.2) is 13.2 Å². The van der Waals surface area contributed by atoms with Crippen molar-refractivity contribution in [3.63, 3.8) is 0 Å². The number of para-hydroxylation sites is 1. The third kappa shape index (κ3) is 3.41. The van der Waals surface area contributed by atoms with Gasteiger partial charge in [-0.3, -0.25) is 0 Å². The van der Waals surface area contributed by atoms with Crippen molar-refractivity contribution in [3.05, 3.63) is 54.1 Å². The predicted molar refractivity (Wildman–Crippen MR) is 77.6 cm³/mol. The van der Waals surface area contributed by atoms with Crippen LogP contribution in [0.5, 0.6) is 11.5 Å². The molecule has 0 atom stereocenters. The van der Waals surface area contributed by atoms with Crippen LogP contribution in [0.4, 0.5) is 0 Å². The van der Waals surface area contributed by atoms with Gasteiger partial charge in [0.1, 0.15) is 17.1 Å². The van der Waals surface area contributed by atoms with Crippen LogP contribution >= 0.6 is 0 Å². The number of rotatable bonds is 5. The first-order chi connectivity index (χ1) is 9.94. The molecule has 0 aliphatic heterocycles. The number of carboxylic acids is 1. The van der Waals surface area contributed by atoms with Crippen molar-refractivity contribution >= 4 is 15.8 Å². The molecule has 0 heterocycles. The van der Waals surface area contributed by atoms with Crippen LogP contribution in [0.1, 0.15) is 17.3 Å². The standard InChI is InChI=1S/C15H14O5S/c1-2-21(18,19)12-9-7-11(8-10-12)20-14-6-4-3-5-13(14)15(16)17/h3-10H,2H2,1H3,(H,16,17). The lowest BCUT2D eigenvalue weighted by Crippen LogP contribution is -2.03. The highest BCUT2D eigenvalue weighted by atomic mass is 32.2. The molecule has 0 bridgehead atoms. The summed E-state index contributed by atoms with van der Waals surface area (Å²) in [7, 11) is -3.26. The van der Waals surface area contributed by atoms with E-state index in [4.69, 9.17) is 9.84 Å². The molecule has 0 aliphatic carbocycles. The van der Waals surface area contributed by atoms with Gasteiger partial charge in [0.05, 0.1) is 10.6 Å². The van der Waals surface area contributed by atoms with Crippen LogP contribution in [0.25, 0.3) is 0 Å². The molecule has 0 saturated heterocycles. The highest BCUT2D eigenvalue weighted by Gasteiger charge is 2.13. The fraction of sp³-hybridized carbons (Fsp3) is 0.133. The molecular formula is C15H14O5S. The SMILES string of the molecule is CCS(=O)(=O)c1ccc(Oc2ccccc2C(=O)O)cc1. The van der Waals surface area contributed by atoms with E-state index in [9.17, 15) is 13.2 Å². The third-order valence-electron chi connectivity index (χ3n) is 2.91. The fourth-order valence-corrected chi connectivity index (χ4v) is 2.63. The summed E-state index contributed by atoms with van der Waals surface area (Å²) < 4.78 is 28.9. The predicted octanol–water partition coefficient (Wildman–Crippen LogP) is 2.97. The lowest BCUT2D eigenvalue weighted by atomic mass is 10.2. The zero-order chi connectivity index (χ0) is 15.5. The van der Waals surface area contributed by atoms with E-state index in [0.717, 1.165) is 0 Å². The van der Waals surface area contributed by atoms with Gasteiger partial charge in [0.2, 0.25) is 0 Å². The molecule has 2 rings (SSSR count). The Balaban J connectivity index is 2.28. The Morgan fingerprint density at radius 1 is 1.10 bits per heavy atom. The first-order valence-corrected chi connectivity index (χ1v) is 7.92. The van der Waals surface area contributed by atoms with Crippen molar-refractivity contribution in [2.45, 2.75) is 11.8 Å². The van der Waals surface area contributed by atoms with Crippen LogP contribution in [-0.2, 0) is 9.84 Å². The van der Waals surface area contributed by atoms with Crippen LogP contribution in [0.15, 0.2) is 53.4 Å². The zero-order valence-corrected chi connectivity index (χ0v) is 12.1. The van der Waals surface area contributed by atoms with E-state index in [0.29, 0.717) is 5.75 Å². The van der Waals surface area contributed by atoms with Crippen molar-refractivity contribution < 1.29 is 23.1 Å². The molecule has 0 radical (unpaired) electrons. The number of hydrogen-bond acceptors (Lipinski definition) is 4. The number of ether oxygens (including phenoxy) is 1. The Hall–Kier alpha value is -2.34. The molecule has 2 aromatic rings. The summed E-state index contributed by atoms with van der Waals surface area (Å²) in [6.07, 6.45) is 0. The van der Waals surface area contributed by atoms with Gasteiger partial charge in [0, 0.05) is 0 Å². The van der Waals surface area contributed by atoms with Gasteiger partial charge in [-0.2, -0.15) is 0 Å². The van der Waals surface area contributed by atoms with Crippen molar-refractivity contribution in [2.75, 3.05) is 5.75 Å². The number of carboxylic acid groups (broad SMARTS) is 1. The van der Waals surface area contributed by atoms with Crippen LogP contribution in [-0.4, -0.2) is 25.2 Å². The summed E-state index contributed by atoms with van der Waals surface area (Å²) in [5.74, 6) is -0.486. The highest BCUT2D eigenvalue weighted by molar-refractivity contribution is 7.91. The lowest BCUT2D eigenvalue weighted by molar-refractivity contribution is 0.0694. The van der Waals surface area contributed by atoms with Crippen LogP contribution < -0.4 is 4.74 Å². The molecule has 0 saturated carbocycles. The van der Waals surface area contributed by atoms with Crippen LogP contribution in [0.3, 0.4) is 0 Å². The normalized spacial score (nSPS) is 11.1. The molecule has 0 spiro atoms. The Kier molecular flexibility index (Phi) is 4.28. The minimum Gasteiger partial charge on any atom is -0.478 e. The molecule has 2 aromatic carbocycles. The Morgan fingerprint density at radius 2 is 1.71 bits per heavy atom. The number of benzene rings is 2. The second kappa shape index (κ2) is 5.97.